The van der Waals surface area contributed by atoms with Gasteiger partial charge in [-0.2, -0.15) is 0 Å². The Bertz CT molecular complexity index is 990. The average Bonchev–Trinajstić information content (AvgIpc) is 2.74. The van der Waals surface area contributed by atoms with E-state index in [0.717, 1.165) is 31.2 Å². The smallest absolute Gasteiger partial charge is 0.258 e. The molecule has 0 unspecified atom stereocenters. The average molecular weight is 465 g/mol. The summed E-state index contributed by atoms with van der Waals surface area (Å²) in [5, 5.41) is 3.10. The summed E-state index contributed by atoms with van der Waals surface area (Å²) in [5.74, 6) is 0.123. The maximum atomic E-state index is 12.8. The number of ether oxygens (including phenoxy) is 1. The van der Waals surface area contributed by atoms with Gasteiger partial charge < -0.3 is 10.1 Å². The van der Waals surface area contributed by atoms with Crippen molar-refractivity contribution < 1.29 is 17.9 Å². The number of carbonyl (C=O) groups excluding carboxylic acids is 1. The highest BCUT2D eigenvalue weighted by atomic mass is 35.5. The molecule has 1 fully saturated rings. The first-order valence-corrected chi connectivity index (χ1v) is 12.5. The second kappa shape index (κ2) is 11.0. The fourth-order valence-electron chi connectivity index (χ4n) is 3.71. The lowest BCUT2D eigenvalue weighted by atomic mass is 9.95. The molecule has 0 bridgehead atoms. The molecule has 0 saturated heterocycles. The summed E-state index contributed by atoms with van der Waals surface area (Å²) in [7, 11) is -3.82. The van der Waals surface area contributed by atoms with Crippen LogP contribution in [0.3, 0.4) is 0 Å². The summed E-state index contributed by atoms with van der Waals surface area (Å²) in [4.78, 5) is 12.2. The van der Waals surface area contributed by atoms with Crippen molar-refractivity contribution in [3.05, 3.63) is 58.6 Å². The van der Waals surface area contributed by atoms with Crippen molar-refractivity contribution >= 4 is 27.5 Å². The summed E-state index contributed by atoms with van der Waals surface area (Å²) in [5.41, 5.74) is 1.70. The Hall–Kier alpha value is -2.09. The highest BCUT2D eigenvalue weighted by molar-refractivity contribution is 7.89. The molecule has 8 heteroatoms. The molecule has 1 aliphatic carbocycles. The van der Waals surface area contributed by atoms with Gasteiger partial charge in [0.25, 0.3) is 5.91 Å². The number of benzene rings is 2. The summed E-state index contributed by atoms with van der Waals surface area (Å²) in [6, 6.07) is 12.7. The first-order valence-electron chi connectivity index (χ1n) is 10.6. The second-order valence-electron chi connectivity index (χ2n) is 7.87. The first kappa shape index (κ1) is 23.6. The van der Waals surface area contributed by atoms with Crippen molar-refractivity contribution in [1.29, 1.82) is 0 Å². The van der Waals surface area contributed by atoms with Crippen LogP contribution in [0.25, 0.3) is 0 Å². The molecular weight excluding hydrogens is 436 g/mol. The fraction of sp³-hybridized carbons (Fsp3) is 0.435. The molecule has 0 heterocycles. The lowest BCUT2D eigenvalue weighted by Crippen LogP contribution is -2.39. The van der Waals surface area contributed by atoms with E-state index in [2.05, 4.69) is 10.0 Å². The van der Waals surface area contributed by atoms with E-state index in [4.69, 9.17) is 16.3 Å². The number of rotatable bonds is 9. The third-order valence-corrected chi connectivity index (χ3v) is 7.32. The van der Waals surface area contributed by atoms with Crippen molar-refractivity contribution in [3.63, 3.8) is 0 Å². The molecule has 2 aromatic rings. The van der Waals surface area contributed by atoms with Gasteiger partial charge in [-0.1, -0.05) is 61.2 Å². The predicted molar refractivity (Wildman–Crippen MR) is 122 cm³/mol. The standard InChI is InChI=1S/C23H29ClN2O4S/c1-17-14-20(24)22(31(28,29)25-13-12-18-8-4-2-5-9-18)15-21(17)30-16-23(27)26-19-10-6-3-7-11-19/h2,4-5,8-9,14-15,19,25H,3,6-7,10-13,16H2,1H3,(H,26,27). The minimum absolute atomic E-state index is 0.0597. The molecule has 1 amide bonds. The Kier molecular flexibility index (Phi) is 8.35. The third-order valence-electron chi connectivity index (χ3n) is 5.40. The van der Waals surface area contributed by atoms with Crippen molar-refractivity contribution in [3.8, 4) is 5.75 Å². The number of aryl methyl sites for hydroxylation is 1. The largest absolute Gasteiger partial charge is 0.483 e. The summed E-state index contributed by atoms with van der Waals surface area (Å²) in [6.07, 6.45) is 6.00. The molecule has 31 heavy (non-hydrogen) atoms. The number of hydrogen-bond donors (Lipinski definition) is 2. The summed E-state index contributed by atoms with van der Waals surface area (Å²) in [6.45, 7) is 1.84. The van der Waals surface area contributed by atoms with Gasteiger partial charge >= 0.3 is 0 Å². The van der Waals surface area contributed by atoms with Gasteiger partial charge in [-0.15, -0.1) is 0 Å². The molecule has 6 nitrogen and oxygen atoms in total. The van der Waals surface area contributed by atoms with Gasteiger partial charge in [0.2, 0.25) is 10.0 Å². The fourth-order valence-corrected chi connectivity index (χ4v) is 5.33. The second-order valence-corrected chi connectivity index (χ2v) is 10.0. The van der Waals surface area contributed by atoms with Crippen LogP contribution in [-0.2, 0) is 21.2 Å². The normalized spacial score (nSPS) is 14.9. The Morgan fingerprint density at radius 2 is 1.84 bits per heavy atom. The molecule has 0 aromatic heterocycles. The van der Waals surface area contributed by atoms with Crippen LogP contribution >= 0.6 is 11.6 Å². The van der Waals surface area contributed by atoms with Gasteiger partial charge in [0.05, 0.1) is 5.02 Å². The molecule has 0 radical (unpaired) electrons. The molecule has 2 aromatic carbocycles. The first-order chi connectivity index (χ1) is 14.8. The Balaban J connectivity index is 1.61. The van der Waals surface area contributed by atoms with Gasteiger partial charge in [-0.25, -0.2) is 13.1 Å². The van der Waals surface area contributed by atoms with E-state index in [1.54, 1.807) is 13.0 Å². The number of carbonyl (C=O) groups is 1. The molecule has 168 valence electrons. The number of halogens is 1. The lowest BCUT2D eigenvalue weighted by Gasteiger charge is -2.22. The minimum atomic E-state index is -3.82. The summed E-state index contributed by atoms with van der Waals surface area (Å²) >= 11 is 6.22. The molecule has 1 aliphatic rings. The molecule has 1 saturated carbocycles. The SMILES string of the molecule is Cc1cc(Cl)c(S(=O)(=O)NCCc2ccccc2)cc1OCC(=O)NC1CCCCC1. The predicted octanol–water partition coefficient (Wildman–Crippen LogP) is 4.00. The Morgan fingerprint density at radius 1 is 1.13 bits per heavy atom. The van der Waals surface area contributed by atoms with Gasteiger partial charge in [0.1, 0.15) is 10.6 Å². The van der Waals surface area contributed by atoms with E-state index in [0.29, 0.717) is 17.7 Å². The molecule has 3 rings (SSSR count). The van der Waals surface area contributed by atoms with Crippen molar-refractivity contribution in [2.75, 3.05) is 13.2 Å². The van der Waals surface area contributed by atoms with E-state index < -0.39 is 10.0 Å². The maximum Gasteiger partial charge on any atom is 0.258 e. The van der Waals surface area contributed by atoms with E-state index in [-0.39, 0.29) is 35.0 Å². The zero-order chi connectivity index (χ0) is 22.3. The van der Waals surface area contributed by atoms with Crippen molar-refractivity contribution in [1.82, 2.24) is 10.0 Å². The van der Waals surface area contributed by atoms with Crippen molar-refractivity contribution in [2.45, 2.75) is 56.4 Å². The maximum absolute atomic E-state index is 12.8. The van der Waals surface area contributed by atoms with Crippen LogP contribution in [0, 0.1) is 6.92 Å². The van der Waals surface area contributed by atoms with Crippen LogP contribution in [-0.4, -0.2) is 33.5 Å². The van der Waals surface area contributed by atoms with Gasteiger partial charge in [0.15, 0.2) is 6.61 Å². The molecule has 2 N–H and O–H groups in total. The van der Waals surface area contributed by atoms with Gasteiger partial charge in [0, 0.05) is 18.7 Å². The van der Waals surface area contributed by atoms with Crippen LogP contribution in [0.2, 0.25) is 5.02 Å². The van der Waals surface area contributed by atoms with Crippen LogP contribution in [0.5, 0.6) is 5.75 Å². The molecular formula is C23H29ClN2O4S. The zero-order valence-electron chi connectivity index (χ0n) is 17.7. The van der Waals surface area contributed by atoms with E-state index in [1.807, 2.05) is 30.3 Å². The molecule has 0 spiro atoms. The van der Waals surface area contributed by atoms with Gasteiger partial charge in [-0.3, -0.25) is 4.79 Å². The van der Waals surface area contributed by atoms with E-state index in [9.17, 15) is 13.2 Å². The van der Waals surface area contributed by atoms with Crippen LogP contribution < -0.4 is 14.8 Å². The number of amides is 1. The number of nitrogens with one attached hydrogen (secondary N) is 2. The number of sulfonamides is 1. The van der Waals surface area contributed by atoms with Crippen LogP contribution in [0.1, 0.15) is 43.2 Å². The lowest BCUT2D eigenvalue weighted by molar-refractivity contribution is -0.124. The topological polar surface area (TPSA) is 84.5 Å². The van der Waals surface area contributed by atoms with E-state index in [1.165, 1.54) is 12.5 Å². The van der Waals surface area contributed by atoms with Crippen LogP contribution in [0.4, 0.5) is 0 Å². The number of hydrogen-bond acceptors (Lipinski definition) is 4. The zero-order valence-corrected chi connectivity index (χ0v) is 19.3. The summed E-state index contributed by atoms with van der Waals surface area (Å²) < 4.78 is 33.8. The highest BCUT2D eigenvalue weighted by Crippen LogP contribution is 2.30. The van der Waals surface area contributed by atoms with Gasteiger partial charge in [-0.05, 0) is 43.4 Å². The highest BCUT2D eigenvalue weighted by Gasteiger charge is 2.21. The molecule has 0 aliphatic heterocycles. The quantitative estimate of drug-likeness (QED) is 0.587. The van der Waals surface area contributed by atoms with E-state index >= 15 is 0 Å². The third kappa shape index (κ3) is 6.95. The minimum Gasteiger partial charge on any atom is -0.483 e. The van der Waals surface area contributed by atoms with Crippen molar-refractivity contribution in [2.24, 2.45) is 0 Å². The van der Waals surface area contributed by atoms with Crippen LogP contribution in [0.15, 0.2) is 47.4 Å². The Morgan fingerprint density at radius 3 is 2.55 bits per heavy atom. The Labute approximate surface area is 189 Å². The molecule has 0 atom stereocenters. The monoisotopic (exact) mass is 464 g/mol.